The molecule has 0 unspecified atom stereocenters. The summed E-state index contributed by atoms with van der Waals surface area (Å²) in [6.07, 6.45) is 0. The number of hydrogen-bond donors (Lipinski definition) is 1. The second-order valence-corrected chi connectivity index (χ2v) is 8.06. The highest BCUT2D eigenvalue weighted by Gasteiger charge is 2.17. The molecular formula is C24H19N3O6S. The molecule has 9 nitrogen and oxygen atoms in total. The molecule has 2 aromatic heterocycles. The maximum Gasteiger partial charge on any atom is 0.350 e. The first kappa shape index (κ1) is 22.9. The molecule has 0 saturated heterocycles. The number of esters is 2. The summed E-state index contributed by atoms with van der Waals surface area (Å²) in [5.74, 6) is -1.37. The summed E-state index contributed by atoms with van der Waals surface area (Å²) in [6.45, 7) is 1.19. The van der Waals surface area contributed by atoms with Gasteiger partial charge in [-0.3, -0.25) is 14.2 Å². The van der Waals surface area contributed by atoms with Crippen LogP contribution in [0, 0.1) is 6.92 Å². The number of carbonyl (C=O) groups excluding carboxylic acids is 3. The van der Waals surface area contributed by atoms with Crippen LogP contribution in [0.15, 0.2) is 64.8 Å². The lowest BCUT2D eigenvalue weighted by atomic mass is 10.2. The summed E-state index contributed by atoms with van der Waals surface area (Å²) in [7, 11) is 1.24. The van der Waals surface area contributed by atoms with E-state index >= 15 is 0 Å². The van der Waals surface area contributed by atoms with Gasteiger partial charge in [0.25, 0.3) is 11.5 Å². The molecule has 0 radical (unpaired) electrons. The summed E-state index contributed by atoms with van der Waals surface area (Å²) in [5, 5.41) is 4.64. The van der Waals surface area contributed by atoms with E-state index in [0.717, 1.165) is 11.3 Å². The Morgan fingerprint density at radius 1 is 1.03 bits per heavy atom. The predicted molar refractivity (Wildman–Crippen MR) is 127 cm³/mol. The van der Waals surface area contributed by atoms with Crippen LogP contribution in [0.2, 0.25) is 0 Å². The third kappa shape index (κ3) is 4.57. The second kappa shape index (κ2) is 9.67. The van der Waals surface area contributed by atoms with Crippen molar-refractivity contribution >= 4 is 45.8 Å². The van der Waals surface area contributed by atoms with E-state index in [1.807, 2.05) is 6.07 Å². The van der Waals surface area contributed by atoms with Crippen LogP contribution in [0.25, 0.3) is 16.6 Å². The average Bonchev–Trinajstić information content (AvgIpc) is 3.30. The van der Waals surface area contributed by atoms with Crippen molar-refractivity contribution in [3.8, 4) is 5.69 Å². The van der Waals surface area contributed by atoms with E-state index in [1.165, 1.54) is 23.8 Å². The summed E-state index contributed by atoms with van der Waals surface area (Å²) >= 11 is 1.12. The van der Waals surface area contributed by atoms with Crippen LogP contribution in [0.3, 0.4) is 0 Å². The molecule has 2 aromatic carbocycles. The summed E-state index contributed by atoms with van der Waals surface area (Å²) in [5.41, 5.74) is 1.44. The van der Waals surface area contributed by atoms with Gasteiger partial charge in [0.05, 0.1) is 35.0 Å². The maximum atomic E-state index is 12.9. The number of amides is 1. The van der Waals surface area contributed by atoms with E-state index in [9.17, 15) is 19.2 Å². The Morgan fingerprint density at radius 2 is 1.76 bits per heavy atom. The molecule has 0 saturated carbocycles. The number of carbonyl (C=O) groups is 3. The number of thiophene rings is 1. The molecule has 0 aliphatic carbocycles. The van der Waals surface area contributed by atoms with Crippen LogP contribution < -0.4 is 10.9 Å². The number of para-hydroxylation sites is 1. The van der Waals surface area contributed by atoms with Gasteiger partial charge in [0, 0.05) is 0 Å². The highest BCUT2D eigenvalue weighted by atomic mass is 32.1. The van der Waals surface area contributed by atoms with Gasteiger partial charge < -0.3 is 14.8 Å². The molecule has 34 heavy (non-hydrogen) atoms. The first-order valence-electron chi connectivity index (χ1n) is 10.1. The number of aromatic nitrogens is 2. The van der Waals surface area contributed by atoms with Crippen molar-refractivity contribution in [1.82, 2.24) is 9.55 Å². The Hall–Kier alpha value is -4.31. The fraction of sp³-hybridized carbons (Fsp3) is 0.125. The van der Waals surface area contributed by atoms with Crippen molar-refractivity contribution in [3.63, 3.8) is 0 Å². The topological polar surface area (TPSA) is 117 Å². The maximum absolute atomic E-state index is 12.9. The van der Waals surface area contributed by atoms with Crippen LogP contribution >= 0.6 is 11.3 Å². The van der Waals surface area contributed by atoms with Gasteiger partial charge in [0.15, 0.2) is 6.61 Å². The van der Waals surface area contributed by atoms with Gasteiger partial charge in [-0.15, -0.1) is 11.3 Å². The zero-order valence-corrected chi connectivity index (χ0v) is 19.0. The van der Waals surface area contributed by atoms with E-state index in [1.54, 1.807) is 48.7 Å². The molecule has 0 fully saturated rings. The van der Waals surface area contributed by atoms with E-state index in [2.05, 4.69) is 15.0 Å². The molecule has 1 amide bonds. The van der Waals surface area contributed by atoms with E-state index in [0.29, 0.717) is 22.4 Å². The van der Waals surface area contributed by atoms with Crippen molar-refractivity contribution in [2.75, 3.05) is 19.0 Å². The zero-order valence-electron chi connectivity index (χ0n) is 18.2. The van der Waals surface area contributed by atoms with Gasteiger partial charge in [0.1, 0.15) is 10.7 Å². The number of fused-ring (bicyclic) bond motifs is 1. The standard InChI is InChI=1S/C24H19N3O6S/c1-14-25-18-6-4-3-5-17(18)22(29)27(14)16-9-7-15(8-10-16)23(30)33-13-20(28)26-19-11-12-34-21(19)24(31)32-2/h3-12H,13H2,1-2H3,(H,26,28). The van der Waals surface area contributed by atoms with Crippen molar-refractivity contribution < 1.29 is 23.9 Å². The minimum atomic E-state index is -0.707. The monoisotopic (exact) mass is 477 g/mol. The minimum Gasteiger partial charge on any atom is -0.465 e. The molecular weight excluding hydrogens is 458 g/mol. The van der Waals surface area contributed by atoms with Crippen molar-refractivity contribution in [1.29, 1.82) is 0 Å². The average molecular weight is 477 g/mol. The van der Waals surface area contributed by atoms with E-state index < -0.39 is 24.5 Å². The van der Waals surface area contributed by atoms with Crippen LogP contribution in [0.4, 0.5) is 5.69 Å². The van der Waals surface area contributed by atoms with Gasteiger partial charge in [-0.1, -0.05) is 12.1 Å². The normalized spacial score (nSPS) is 10.6. The van der Waals surface area contributed by atoms with Crippen molar-refractivity contribution in [3.05, 3.63) is 86.6 Å². The van der Waals surface area contributed by atoms with Gasteiger partial charge in [-0.25, -0.2) is 14.6 Å². The Bertz CT molecular complexity index is 1460. The largest absolute Gasteiger partial charge is 0.465 e. The fourth-order valence-electron chi connectivity index (χ4n) is 3.35. The number of ether oxygens (including phenoxy) is 2. The van der Waals surface area contributed by atoms with Crippen LogP contribution in [-0.4, -0.2) is 41.1 Å². The Labute approximate surface area is 197 Å². The fourth-order valence-corrected chi connectivity index (χ4v) is 4.12. The Balaban J connectivity index is 1.44. The van der Waals surface area contributed by atoms with Crippen molar-refractivity contribution in [2.24, 2.45) is 0 Å². The SMILES string of the molecule is COC(=O)c1sccc1NC(=O)COC(=O)c1ccc(-n2c(C)nc3ccccc3c2=O)cc1. The lowest BCUT2D eigenvalue weighted by molar-refractivity contribution is -0.119. The zero-order chi connectivity index (χ0) is 24.2. The lowest BCUT2D eigenvalue weighted by Gasteiger charge is -2.11. The molecule has 172 valence electrons. The quantitative estimate of drug-likeness (QED) is 0.423. The molecule has 4 rings (SSSR count). The van der Waals surface area contributed by atoms with Gasteiger partial charge in [0.2, 0.25) is 0 Å². The van der Waals surface area contributed by atoms with Crippen molar-refractivity contribution in [2.45, 2.75) is 6.92 Å². The Morgan fingerprint density at radius 3 is 2.50 bits per heavy atom. The summed E-state index contributed by atoms with van der Waals surface area (Å²) < 4.78 is 11.2. The Kier molecular flexibility index (Phi) is 6.51. The molecule has 2 heterocycles. The third-order valence-electron chi connectivity index (χ3n) is 4.95. The molecule has 0 atom stereocenters. The molecule has 0 aliphatic heterocycles. The smallest absolute Gasteiger partial charge is 0.350 e. The van der Waals surface area contributed by atoms with Crippen LogP contribution in [0.1, 0.15) is 25.9 Å². The molecule has 10 heteroatoms. The molecule has 1 N–H and O–H groups in total. The van der Waals surface area contributed by atoms with Gasteiger partial charge in [-0.05, 0) is 54.8 Å². The molecule has 0 aliphatic rings. The van der Waals surface area contributed by atoms with E-state index in [4.69, 9.17) is 4.74 Å². The highest BCUT2D eigenvalue weighted by molar-refractivity contribution is 7.12. The summed E-state index contributed by atoms with van der Waals surface area (Å²) in [4.78, 5) is 53.8. The number of rotatable bonds is 6. The lowest BCUT2D eigenvalue weighted by Crippen LogP contribution is -2.23. The van der Waals surface area contributed by atoms with Crippen LogP contribution in [-0.2, 0) is 14.3 Å². The van der Waals surface area contributed by atoms with Crippen LogP contribution in [0.5, 0.6) is 0 Å². The predicted octanol–water partition coefficient (Wildman–Crippen LogP) is 3.34. The third-order valence-corrected chi connectivity index (χ3v) is 5.84. The first-order chi connectivity index (χ1) is 16.4. The van der Waals surface area contributed by atoms with E-state index in [-0.39, 0.29) is 21.7 Å². The number of aryl methyl sites for hydroxylation is 1. The molecule has 0 spiro atoms. The number of anilines is 1. The highest BCUT2D eigenvalue weighted by Crippen LogP contribution is 2.23. The van der Waals surface area contributed by atoms with Gasteiger partial charge in [-0.2, -0.15) is 0 Å². The number of nitrogens with zero attached hydrogens (tertiary/aromatic N) is 2. The second-order valence-electron chi connectivity index (χ2n) is 7.14. The summed E-state index contributed by atoms with van der Waals surface area (Å²) in [6, 6.07) is 14.9. The number of methoxy groups -OCH3 is 1. The number of hydrogen-bond acceptors (Lipinski definition) is 8. The number of nitrogens with one attached hydrogen (secondary N) is 1. The number of benzene rings is 2. The first-order valence-corrected chi connectivity index (χ1v) is 11.0. The van der Waals surface area contributed by atoms with Gasteiger partial charge >= 0.3 is 11.9 Å². The molecule has 0 bridgehead atoms. The minimum absolute atomic E-state index is 0.210. The molecule has 4 aromatic rings.